The largest absolute Gasteiger partial charge is 0.394 e. The summed E-state index contributed by atoms with van der Waals surface area (Å²) in [4.78, 5) is 24.8. The minimum Gasteiger partial charge on any atom is -0.394 e. The molecule has 1 saturated heterocycles. The Labute approximate surface area is 130 Å². The second-order valence-corrected chi connectivity index (χ2v) is 5.75. The normalized spacial score (nSPS) is 22.0. The van der Waals surface area contributed by atoms with E-state index in [1.54, 1.807) is 19.2 Å². The monoisotopic (exact) mass is 306 g/mol. The first-order chi connectivity index (χ1) is 10.4. The second-order valence-electron chi connectivity index (χ2n) is 5.75. The molecule has 1 aromatic rings. The number of aliphatic hydroxyl groups excluding tert-OH is 1. The van der Waals surface area contributed by atoms with Gasteiger partial charge in [0.05, 0.1) is 12.6 Å². The molecule has 0 saturated carbocycles. The number of aliphatic hydroxyl groups is 1. The van der Waals surface area contributed by atoms with Crippen LogP contribution in [0, 0.1) is 5.92 Å². The second kappa shape index (κ2) is 6.89. The standard InChI is InChI=1S/C16H22N2O4/c1-10(2)16(21)17-12-6-4-11(5-7-12)15-13(8-19)18(3)14(20)9-22-15/h4-7,10,13,15,19H,8-9H2,1-3H3,(H,17,21)/t13-,15-/m1/s1. The summed E-state index contributed by atoms with van der Waals surface area (Å²) < 4.78 is 5.57. The molecule has 0 aromatic heterocycles. The van der Waals surface area contributed by atoms with Crippen molar-refractivity contribution in [2.24, 2.45) is 5.92 Å². The van der Waals surface area contributed by atoms with E-state index >= 15 is 0 Å². The van der Waals surface area contributed by atoms with Gasteiger partial charge in [-0.25, -0.2) is 0 Å². The number of morpholine rings is 1. The van der Waals surface area contributed by atoms with Crippen LogP contribution >= 0.6 is 0 Å². The van der Waals surface area contributed by atoms with Crippen molar-refractivity contribution in [3.05, 3.63) is 29.8 Å². The van der Waals surface area contributed by atoms with Crippen molar-refractivity contribution in [3.63, 3.8) is 0 Å². The zero-order chi connectivity index (χ0) is 16.3. The fourth-order valence-corrected chi connectivity index (χ4v) is 2.34. The van der Waals surface area contributed by atoms with Gasteiger partial charge >= 0.3 is 0 Å². The molecule has 0 bridgehead atoms. The van der Waals surface area contributed by atoms with Crippen molar-refractivity contribution in [1.82, 2.24) is 4.90 Å². The first-order valence-corrected chi connectivity index (χ1v) is 7.33. The number of carbonyl (C=O) groups excluding carboxylic acids is 2. The van der Waals surface area contributed by atoms with Crippen LogP contribution in [-0.2, 0) is 14.3 Å². The van der Waals surface area contributed by atoms with Crippen molar-refractivity contribution < 1.29 is 19.4 Å². The van der Waals surface area contributed by atoms with Crippen LogP contribution in [0.15, 0.2) is 24.3 Å². The molecular formula is C16H22N2O4. The zero-order valence-electron chi connectivity index (χ0n) is 13.1. The first-order valence-electron chi connectivity index (χ1n) is 7.33. The van der Waals surface area contributed by atoms with Gasteiger partial charge in [-0.15, -0.1) is 0 Å². The van der Waals surface area contributed by atoms with Crippen molar-refractivity contribution >= 4 is 17.5 Å². The van der Waals surface area contributed by atoms with Crippen molar-refractivity contribution in [3.8, 4) is 0 Å². The Bertz CT molecular complexity index is 542. The molecule has 1 heterocycles. The number of amides is 2. The third-order valence-corrected chi connectivity index (χ3v) is 3.84. The topological polar surface area (TPSA) is 78.9 Å². The van der Waals surface area contributed by atoms with Crippen LogP contribution in [0.3, 0.4) is 0 Å². The molecule has 0 spiro atoms. The number of carbonyl (C=O) groups is 2. The molecule has 0 unspecified atom stereocenters. The van der Waals surface area contributed by atoms with Gasteiger partial charge in [0.15, 0.2) is 0 Å². The van der Waals surface area contributed by atoms with Crippen molar-refractivity contribution in [1.29, 1.82) is 0 Å². The van der Waals surface area contributed by atoms with Crippen LogP contribution in [-0.4, -0.2) is 48.1 Å². The van der Waals surface area contributed by atoms with Crippen LogP contribution in [0.1, 0.15) is 25.5 Å². The van der Waals surface area contributed by atoms with E-state index in [0.717, 1.165) is 5.56 Å². The molecule has 0 radical (unpaired) electrons. The predicted octanol–water partition coefficient (Wildman–Crippen LogP) is 1.17. The lowest BCUT2D eigenvalue weighted by atomic mass is 9.99. The number of nitrogens with one attached hydrogen (secondary N) is 1. The summed E-state index contributed by atoms with van der Waals surface area (Å²) in [5.41, 5.74) is 1.57. The van der Waals surface area contributed by atoms with Gasteiger partial charge in [-0.1, -0.05) is 26.0 Å². The van der Waals surface area contributed by atoms with Crippen LogP contribution in [0.4, 0.5) is 5.69 Å². The van der Waals surface area contributed by atoms with E-state index in [4.69, 9.17) is 4.74 Å². The van der Waals surface area contributed by atoms with E-state index in [1.165, 1.54) is 4.90 Å². The van der Waals surface area contributed by atoms with Crippen molar-refractivity contribution in [2.75, 3.05) is 25.6 Å². The fraction of sp³-hybridized carbons (Fsp3) is 0.500. The fourth-order valence-electron chi connectivity index (χ4n) is 2.34. The molecule has 120 valence electrons. The summed E-state index contributed by atoms with van der Waals surface area (Å²) in [6, 6.07) is 6.87. The molecule has 6 heteroatoms. The Morgan fingerprint density at radius 3 is 2.59 bits per heavy atom. The van der Waals surface area contributed by atoms with E-state index in [1.807, 2.05) is 26.0 Å². The number of benzene rings is 1. The van der Waals surface area contributed by atoms with Gasteiger partial charge in [-0.3, -0.25) is 9.59 Å². The zero-order valence-corrected chi connectivity index (χ0v) is 13.1. The quantitative estimate of drug-likeness (QED) is 0.875. The number of ether oxygens (including phenoxy) is 1. The maximum Gasteiger partial charge on any atom is 0.248 e. The van der Waals surface area contributed by atoms with Crippen molar-refractivity contribution in [2.45, 2.75) is 26.0 Å². The Morgan fingerprint density at radius 1 is 1.41 bits per heavy atom. The summed E-state index contributed by atoms with van der Waals surface area (Å²) in [6.07, 6.45) is -0.373. The number of hydrogen-bond acceptors (Lipinski definition) is 4. The van der Waals surface area contributed by atoms with Gasteiger partial charge in [0, 0.05) is 18.7 Å². The maximum atomic E-state index is 11.7. The third-order valence-electron chi connectivity index (χ3n) is 3.84. The lowest BCUT2D eigenvalue weighted by Gasteiger charge is -2.38. The van der Waals surface area contributed by atoms with Crippen LogP contribution in [0.2, 0.25) is 0 Å². The van der Waals surface area contributed by atoms with Crippen LogP contribution < -0.4 is 5.32 Å². The van der Waals surface area contributed by atoms with E-state index in [2.05, 4.69) is 5.32 Å². The van der Waals surface area contributed by atoms with E-state index in [9.17, 15) is 14.7 Å². The molecule has 1 aromatic carbocycles. The van der Waals surface area contributed by atoms with E-state index in [-0.39, 0.29) is 37.0 Å². The number of nitrogens with zero attached hydrogens (tertiary/aromatic N) is 1. The molecular weight excluding hydrogens is 284 g/mol. The van der Waals surface area contributed by atoms with Crippen LogP contribution in [0.5, 0.6) is 0 Å². The third kappa shape index (κ3) is 3.45. The summed E-state index contributed by atoms with van der Waals surface area (Å²) in [5, 5.41) is 12.3. The summed E-state index contributed by atoms with van der Waals surface area (Å²) in [6.45, 7) is 3.50. The van der Waals surface area contributed by atoms with Gasteiger partial charge in [0.2, 0.25) is 11.8 Å². The molecule has 1 aliphatic heterocycles. The summed E-state index contributed by atoms with van der Waals surface area (Å²) >= 11 is 0. The van der Waals surface area contributed by atoms with Gasteiger partial charge in [-0.05, 0) is 17.7 Å². The Hall–Kier alpha value is -1.92. The molecule has 6 nitrogen and oxygen atoms in total. The predicted molar refractivity (Wildman–Crippen MR) is 82.2 cm³/mol. The SMILES string of the molecule is CC(C)C(=O)Nc1ccc([C@H]2OCC(=O)N(C)[C@@H]2CO)cc1. The van der Waals surface area contributed by atoms with Gasteiger partial charge < -0.3 is 20.1 Å². The van der Waals surface area contributed by atoms with Crippen LogP contribution in [0.25, 0.3) is 0 Å². The van der Waals surface area contributed by atoms with E-state index < -0.39 is 6.04 Å². The molecule has 2 amide bonds. The first kappa shape index (κ1) is 16.5. The Morgan fingerprint density at radius 2 is 2.05 bits per heavy atom. The average Bonchev–Trinajstić information content (AvgIpc) is 2.50. The molecule has 2 rings (SSSR count). The summed E-state index contributed by atoms with van der Waals surface area (Å²) in [7, 11) is 1.66. The smallest absolute Gasteiger partial charge is 0.248 e. The Balaban J connectivity index is 2.12. The maximum absolute atomic E-state index is 11.7. The molecule has 2 N–H and O–H groups in total. The van der Waals surface area contributed by atoms with Gasteiger partial charge in [0.25, 0.3) is 0 Å². The lowest BCUT2D eigenvalue weighted by molar-refractivity contribution is -0.157. The highest BCUT2D eigenvalue weighted by molar-refractivity contribution is 5.92. The highest BCUT2D eigenvalue weighted by Gasteiger charge is 2.34. The number of anilines is 1. The van der Waals surface area contributed by atoms with Gasteiger partial charge in [0.1, 0.15) is 12.7 Å². The minimum absolute atomic E-state index is 0.00348. The molecule has 0 aliphatic carbocycles. The average molecular weight is 306 g/mol. The molecule has 1 fully saturated rings. The lowest BCUT2D eigenvalue weighted by Crippen LogP contribution is -2.50. The Kier molecular flexibility index (Phi) is 5.15. The number of rotatable bonds is 4. The number of likely N-dealkylation sites (N-methyl/N-ethyl adjacent to an activating group) is 1. The highest BCUT2D eigenvalue weighted by Crippen LogP contribution is 2.29. The summed E-state index contributed by atoms with van der Waals surface area (Å²) in [5.74, 6) is -0.267. The van der Waals surface area contributed by atoms with E-state index in [0.29, 0.717) is 5.69 Å². The molecule has 22 heavy (non-hydrogen) atoms. The molecule has 2 atom stereocenters. The minimum atomic E-state index is -0.405. The highest BCUT2D eigenvalue weighted by atomic mass is 16.5. The van der Waals surface area contributed by atoms with Gasteiger partial charge in [-0.2, -0.15) is 0 Å². The number of hydrogen-bond donors (Lipinski definition) is 2. The molecule has 1 aliphatic rings.